The van der Waals surface area contributed by atoms with E-state index in [1.807, 2.05) is 13.0 Å². The molecular weight excluding hydrogens is 208 g/mol. The van der Waals surface area contributed by atoms with Crippen LogP contribution in [0.4, 0.5) is 0 Å². The molecule has 0 amide bonds. The Kier molecular flexibility index (Phi) is 3.82. The molecule has 0 saturated heterocycles. The van der Waals surface area contributed by atoms with Crippen LogP contribution in [0.1, 0.15) is 50.5 Å². The van der Waals surface area contributed by atoms with Crippen LogP contribution in [0.2, 0.25) is 0 Å². The molecule has 1 saturated carbocycles. The molecule has 0 aromatic carbocycles. The zero-order valence-electron chi connectivity index (χ0n) is 11.2. The van der Waals surface area contributed by atoms with Crippen molar-refractivity contribution >= 4 is 0 Å². The van der Waals surface area contributed by atoms with Gasteiger partial charge in [-0.1, -0.05) is 26.3 Å². The van der Waals surface area contributed by atoms with Gasteiger partial charge in [0.25, 0.3) is 0 Å². The highest BCUT2D eigenvalue weighted by Crippen LogP contribution is 2.38. The fourth-order valence-electron chi connectivity index (χ4n) is 2.91. The van der Waals surface area contributed by atoms with E-state index in [0.717, 1.165) is 23.2 Å². The molecule has 2 heteroatoms. The molecule has 1 aliphatic rings. The maximum Gasteiger partial charge on any atom is 0.0577 e. The predicted octanol–water partition coefficient (Wildman–Crippen LogP) is 3.46. The third kappa shape index (κ3) is 2.86. The predicted molar refractivity (Wildman–Crippen MR) is 71.6 cm³/mol. The second kappa shape index (κ2) is 5.18. The largest absolute Gasteiger partial charge is 0.322 e. The molecule has 1 aromatic heterocycles. The van der Waals surface area contributed by atoms with Gasteiger partial charge in [-0.3, -0.25) is 4.98 Å². The van der Waals surface area contributed by atoms with Crippen LogP contribution < -0.4 is 5.73 Å². The Balaban J connectivity index is 2.07. The number of hydrogen-bond donors (Lipinski definition) is 1. The summed E-state index contributed by atoms with van der Waals surface area (Å²) in [5, 5.41) is 0. The molecule has 2 nitrogen and oxygen atoms in total. The minimum atomic E-state index is 0.116. The molecule has 4 atom stereocenters. The van der Waals surface area contributed by atoms with Gasteiger partial charge in [0.05, 0.1) is 5.69 Å². The first-order valence-corrected chi connectivity index (χ1v) is 6.77. The van der Waals surface area contributed by atoms with Crippen molar-refractivity contribution in [2.24, 2.45) is 23.5 Å². The summed E-state index contributed by atoms with van der Waals surface area (Å²) in [6.07, 6.45) is 3.81. The standard InChI is InChI=1S/C15H24N2/c1-10-7-8-13(9-11(10)2)15(16)14-6-4-5-12(3)17-14/h4-6,10-11,13,15H,7-9,16H2,1-3H3. The summed E-state index contributed by atoms with van der Waals surface area (Å²) in [5.74, 6) is 2.25. The van der Waals surface area contributed by atoms with Crippen molar-refractivity contribution in [1.82, 2.24) is 4.98 Å². The summed E-state index contributed by atoms with van der Waals surface area (Å²) in [4.78, 5) is 4.57. The van der Waals surface area contributed by atoms with Crippen LogP contribution in [-0.4, -0.2) is 4.98 Å². The van der Waals surface area contributed by atoms with Crippen molar-refractivity contribution in [3.05, 3.63) is 29.6 Å². The molecule has 0 aliphatic heterocycles. The summed E-state index contributed by atoms with van der Waals surface area (Å²) in [5.41, 5.74) is 8.52. The van der Waals surface area contributed by atoms with E-state index in [9.17, 15) is 0 Å². The van der Waals surface area contributed by atoms with E-state index >= 15 is 0 Å². The monoisotopic (exact) mass is 232 g/mol. The molecule has 1 aromatic rings. The lowest BCUT2D eigenvalue weighted by Crippen LogP contribution is -2.30. The minimum absolute atomic E-state index is 0.116. The van der Waals surface area contributed by atoms with Crippen LogP contribution in [0.3, 0.4) is 0 Å². The van der Waals surface area contributed by atoms with Crippen LogP contribution in [0, 0.1) is 24.7 Å². The zero-order chi connectivity index (χ0) is 12.4. The summed E-state index contributed by atoms with van der Waals surface area (Å²) in [6.45, 7) is 6.74. The number of nitrogens with two attached hydrogens (primary N) is 1. The Hall–Kier alpha value is -0.890. The van der Waals surface area contributed by atoms with Crippen LogP contribution >= 0.6 is 0 Å². The highest BCUT2D eigenvalue weighted by Gasteiger charge is 2.29. The number of pyridine rings is 1. The quantitative estimate of drug-likeness (QED) is 0.848. The fraction of sp³-hybridized carbons (Fsp3) is 0.667. The van der Waals surface area contributed by atoms with E-state index in [-0.39, 0.29) is 6.04 Å². The zero-order valence-corrected chi connectivity index (χ0v) is 11.2. The molecule has 2 rings (SSSR count). The van der Waals surface area contributed by atoms with E-state index < -0.39 is 0 Å². The molecule has 17 heavy (non-hydrogen) atoms. The maximum atomic E-state index is 6.38. The average molecular weight is 232 g/mol. The van der Waals surface area contributed by atoms with E-state index in [2.05, 4.69) is 31.0 Å². The third-order valence-corrected chi connectivity index (χ3v) is 4.40. The van der Waals surface area contributed by atoms with Gasteiger partial charge >= 0.3 is 0 Å². The molecular formula is C15H24N2. The van der Waals surface area contributed by atoms with Crippen molar-refractivity contribution in [2.45, 2.75) is 46.1 Å². The first-order chi connectivity index (χ1) is 8.08. The topological polar surface area (TPSA) is 38.9 Å². The van der Waals surface area contributed by atoms with E-state index in [4.69, 9.17) is 5.73 Å². The average Bonchev–Trinajstić information content (AvgIpc) is 2.32. The summed E-state index contributed by atoms with van der Waals surface area (Å²) in [7, 11) is 0. The van der Waals surface area contributed by atoms with Crippen molar-refractivity contribution in [1.29, 1.82) is 0 Å². The second-order valence-electron chi connectivity index (χ2n) is 5.76. The highest BCUT2D eigenvalue weighted by atomic mass is 14.8. The Morgan fingerprint density at radius 2 is 2.00 bits per heavy atom. The van der Waals surface area contributed by atoms with Crippen molar-refractivity contribution in [2.75, 3.05) is 0 Å². The van der Waals surface area contributed by atoms with Gasteiger partial charge in [0.2, 0.25) is 0 Å². The number of hydrogen-bond acceptors (Lipinski definition) is 2. The lowest BCUT2D eigenvalue weighted by atomic mass is 9.73. The minimum Gasteiger partial charge on any atom is -0.322 e. The van der Waals surface area contributed by atoms with Gasteiger partial charge in [0.1, 0.15) is 0 Å². The van der Waals surface area contributed by atoms with Gasteiger partial charge in [0.15, 0.2) is 0 Å². The van der Waals surface area contributed by atoms with E-state index in [0.29, 0.717) is 5.92 Å². The van der Waals surface area contributed by atoms with E-state index in [1.54, 1.807) is 0 Å². The molecule has 0 spiro atoms. The first kappa shape index (κ1) is 12.6. The molecule has 1 fully saturated rings. The molecule has 2 N–H and O–H groups in total. The van der Waals surface area contributed by atoms with Crippen LogP contribution in [-0.2, 0) is 0 Å². The van der Waals surface area contributed by atoms with E-state index in [1.165, 1.54) is 19.3 Å². The lowest BCUT2D eigenvalue weighted by molar-refractivity contribution is 0.184. The van der Waals surface area contributed by atoms with Crippen LogP contribution in [0.15, 0.2) is 18.2 Å². The van der Waals surface area contributed by atoms with Gasteiger partial charge in [0, 0.05) is 11.7 Å². The molecule has 0 bridgehead atoms. The first-order valence-electron chi connectivity index (χ1n) is 6.77. The Labute approximate surface area is 105 Å². The SMILES string of the molecule is Cc1cccc(C(N)C2CCC(C)C(C)C2)n1. The number of nitrogens with zero attached hydrogens (tertiary/aromatic N) is 1. The molecule has 4 unspecified atom stereocenters. The molecule has 94 valence electrons. The lowest BCUT2D eigenvalue weighted by Gasteiger charge is -2.35. The van der Waals surface area contributed by atoms with Crippen molar-refractivity contribution < 1.29 is 0 Å². The van der Waals surface area contributed by atoms with Crippen molar-refractivity contribution in [3.8, 4) is 0 Å². The number of aromatic nitrogens is 1. The molecule has 1 heterocycles. The number of rotatable bonds is 2. The van der Waals surface area contributed by atoms with Gasteiger partial charge in [-0.15, -0.1) is 0 Å². The van der Waals surface area contributed by atoms with Crippen LogP contribution in [0.25, 0.3) is 0 Å². The summed E-state index contributed by atoms with van der Waals surface area (Å²) in [6, 6.07) is 6.28. The highest BCUT2D eigenvalue weighted by molar-refractivity contribution is 5.14. The van der Waals surface area contributed by atoms with Gasteiger partial charge < -0.3 is 5.73 Å². The number of aryl methyl sites for hydroxylation is 1. The van der Waals surface area contributed by atoms with Gasteiger partial charge in [-0.2, -0.15) is 0 Å². The normalized spacial score (nSPS) is 31.2. The maximum absolute atomic E-state index is 6.38. The Morgan fingerprint density at radius 3 is 2.65 bits per heavy atom. The molecule has 0 radical (unpaired) electrons. The second-order valence-corrected chi connectivity index (χ2v) is 5.76. The summed E-state index contributed by atoms with van der Waals surface area (Å²) < 4.78 is 0. The van der Waals surface area contributed by atoms with Gasteiger partial charge in [-0.25, -0.2) is 0 Å². The van der Waals surface area contributed by atoms with Crippen molar-refractivity contribution in [3.63, 3.8) is 0 Å². The summed E-state index contributed by atoms with van der Waals surface area (Å²) >= 11 is 0. The van der Waals surface area contributed by atoms with Crippen LogP contribution in [0.5, 0.6) is 0 Å². The Bertz CT molecular complexity index is 375. The molecule has 1 aliphatic carbocycles. The third-order valence-electron chi connectivity index (χ3n) is 4.40. The Morgan fingerprint density at radius 1 is 1.24 bits per heavy atom. The fourth-order valence-corrected chi connectivity index (χ4v) is 2.91. The smallest absolute Gasteiger partial charge is 0.0577 e. The van der Waals surface area contributed by atoms with Gasteiger partial charge in [-0.05, 0) is 49.7 Å².